The average molecular weight is 194 g/mol. The molecule has 0 unspecified atom stereocenters. The van der Waals surface area contributed by atoms with Crippen molar-refractivity contribution < 1.29 is 9.90 Å². The SMILES string of the molecule is Cl.NC1(CCCCC(=O)O)CC1. The van der Waals surface area contributed by atoms with E-state index in [2.05, 4.69) is 0 Å². The van der Waals surface area contributed by atoms with Gasteiger partial charge >= 0.3 is 5.97 Å². The molecule has 1 saturated carbocycles. The summed E-state index contributed by atoms with van der Waals surface area (Å²) in [5.74, 6) is -0.702. The van der Waals surface area contributed by atoms with E-state index in [0.717, 1.165) is 32.1 Å². The first kappa shape index (κ1) is 11.7. The number of carbonyl (C=O) groups is 1. The summed E-state index contributed by atoms with van der Waals surface area (Å²) in [5, 5.41) is 8.33. The van der Waals surface area contributed by atoms with Crippen LogP contribution in [0.3, 0.4) is 0 Å². The molecule has 0 atom stereocenters. The Bertz CT molecular complexity index is 157. The molecule has 0 aromatic heterocycles. The van der Waals surface area contributed by atoms with Crippen molar-refractivity contribution in [2.45, 2.75) is 44.1 Å². The Morgan fingerprint density at radius 3 is 2.42 bits per heavy atom. The molecule has 1 aliphatic rings. The molecule has 1 fully saturated rings. The fourth-order valence-electron chi connectivity index (χ4n) is 1.16. The van der Waals surface area contributed by atoms with Crippen LogP contribution in [-0.2, 0) is 4.79 Å². The van der Waals surface area contributed by atoms with E-state index in [1.165, 1.54) is 0 Å². The van der Waals surface area contributed by atoms with Crippen LogP contribution in [0.15, 0.2) is 0 Å². The minimum atomic E-state index is -0.702. The smallest absolute Gasteiger partial charge is 0.303 e. The lowest BCUT2D eigenvalue weighted by atomic mass is 10.1. The van der Waals surface area contributed by atoms with E-state index in [-0.39, 0.29) is 24.4 Å². The topological polar surface area (TPSA) is 63.3 Å². The van der Waals surface area contributed by atoms with Gasteiger partial charge in [0, 0.05) is 12.0 Å². The molecule has 72 valence electrons. The van der Waals surface area contributed by atoms with Gasteiger partial charge in [0.05, 0.1) is 0 Å². The zero-order chi connectivity index (χ0) is 8.32. The largest absolute Gasteiger partial charge is 0.481 e. The lowest BCUT2D eigenvalue weighted by Crippen LogP contribution is -2.21. The number of nitrogens with two attached hydrogens (primary N) is 1. The standard InChI is InChI=1S/C8H15NO2.ClH/c9-8(5-6-8)4-2-1-3-7(10)11;/h1-6,9H2,(H,10,11);1H. The van der Waals surface area contributed by atoms with Gasteiger partial charge in [-0.3, -0.25) is 4.79 Å². The average Bonchev–Trinajstić information content (AvgIpc) is 2.62. The second-order valence-corrected chi connectivity index (χ2v) is 3.46. The Kier molecular flexibility index (Phi) is 4.57. The highest BCUT2D eigenvalue weighted by atomic mass is 35.5. The molecule has 4 heteroatoms. The summed E-state index contributed by atoms with van der Waals surface area (Å²) in [6.45, 7) is 0. The lowest BCUT2D eigenvalue weighted by molar-refractivity contribution is -0.137. The monoisotopic (exact) mass is 193 g/mol. The van der Waals surface area contributed by atoms with E-state index in [4.69, 9.17) is 10.8 Å². The van der Waals surface area contributed by atoms with Gasteiger partial charge in [-0.15, -0.1) is 12.4 Å². The van der Waals surface area contributed by atoms with Crippen LogP contribution in [-0.4, -0.2) is 16.6 Å². The maximum absolute atomic E-state index is 10.1. The van der Waals surface area contributed by atoms with Gasteiger partial charge in [0.25, 0.3) is 0 Å². The highest BCUT2D eigenvalue weighted by Gasteiger charge is 2.36. The van der Waals surface area contributed by atoms with Gasteiger partial charge in [0.15, 0.2) is 0 Å². The molecule has 3 nitrogen and oxygen atoms in total. The molecule has 12 heavy (non-hydrogen) atoms. The van der Waals surface area contributed by atoms with E-state index in [0.29, 0.717) is 0 Å². The van der Waals surface area contributed by atoms with Crippen LogP contribution < -0.4 is 5.73 Å². The number of carboxylic acid groups (broad SMARTS) is 1. The van der Waals surface area contributed by atoms with E-state index >= 15 is 0 Å². The van der Waals surface area contributed by atoms with Crippen LogP contribution in [0, 0.1) is 0 Å². The molecule has 0 radical (unpaired) electrons. The summed E-state index contributed by atoms with van der Waals surface area (Å²) in [5.41, 5.74) is 5.91. The number of hydrogen-bond donors (Lipinski definition) is 2. The van der Waals surface area contributed by atoms with Gasteiger partial charge in [-0.2, -0.15) is 0 Å². The summed E-state index contributed by atoms with van der Waals surface area (Å²) in [4.78, 5) is 10.1. The number of hydrogen-bond acceptors (Lipinski definition) is 2. The molecular formula is C8H16ClNO2. The molecule has 1 aliphatic carbocycles. The maximum atomic E-state index is 10.1. The number of carboxylic acids is 1. The fraction of sp³-hybridized carbons (Fsp3) is 0.875. The predicted octanol–water partition coefficient (Wildman–Crippen LogP) is 1.54. The third kappa shape index (κ3) is 4.57. The third-order valence-corrected chi connectivity index (χ3v) is 2.21. The highest BCUT2D eigenvalue weighted by molar-refractivity contribution is 5.85. The molecule has 0 saturated heterocycles. The Morgan fingerprint density at radius 1 is 1.42 bits per heavy atom. The molecule has 0 amide bonds. The molecule has 3 N–H and O–H groups in total. The zero-order valence-corrected chi connectivity index (χ0v) is 7.90. The van der Waals surface area contributed by atoms with E-state index in [9.17, 15) is 4.79 Å². The van der Waals surface area contributed by atoms with Gasteiger partial charge in [0.1, 0.15) is 0 Å². The van der Waals surface area contributed by atoms with Crippen molar-refractivity contribution in [1.82, 2.24) is 0 Å². The van der Waals surface area contributed by atoms with Crippen LogP contribution >= 0.6 is 12.4 Å². The van der Waals surface area contributed by atoms with Crippen molar-refractivity contribution in [2.75, 3.05) is 0 Å². The molecule has 0 bridgehead atoms. The van der Waals surface area contributed by atoms with Crippen molar-refractivity contribution in [3.8, 4) is 0 Å². The first-order valence-corrected chi connectivity index (χ1v) is 4.13. The van der Waals surface area contributed by atoms with E-state index in [1.54, 1.807) is 0 Å². The van der Waals surface area contributed by atoms with E-state index < -0.39 is 5.97 Å². The number of unbranched alkanes of at least 4 members (excludes halogenated alkanes) is 1. The fourth-order valence-corrected chi connectivity index (χ4v) is 1.16. The maximum Gasteiger partial charge on any atom is 0.303 e. The molecule has 0 aromatic carbocycles. The second kappa shape index (κ2) is 4.67. The van der Waals surface area contributed by atoms with E-state index in [1.807, 2.05) is 0 Å². The Morgan fingerprint density at radius 2 is 2.00 bits per heavy atom. The molecule has 0 aliphatic heterocycles. The number of rotatable bonds is 5. The van der Waals surface area contributed by atoms with Gasteiger partial charge < -0.3 is 10.8 Å². The van der Waals surface area contributed by atoms with Crippen molar-refractivity contribution in [3.63, 3.8) is 0 Å². The van der Waals surface area contributed by atoms with Crippen LogP contribution in [0.25, 0.3) is 0 Å². The number of halogens is 1. The van der Waals surface area contributed by atoms with Crippen molar-refractivity contribution in [3.05, 3.63) is 0 Å². The summed E-state index contributed by atoms with van der Waals surface area (Å²) in [6, 6.07) is 0. The van der Waals surface area contributed by atoms with Crippen molar-refractivity contribution in [2.24, 2.45) is 5.73 Å². The van der Waals surface area contributed by atoms with Gasteiger partial charge in [0.2, 0.25) is 0 Å². The molecular weight excluding hydrogens is 178 g/mol. The third-order valence-electron chi connectivity index (χ3n) is 2.21. The molecule has 0 aromatic rings. The van der Waals surface area contributed by atoms with Crippen LogP contribution in [0.4, 0.5) is 0 Å². The quantitative estimate of drug-likeness (QED) is 0.652. The van der Waals surface area contributed by atoms with Crippen LogP contribution in [0.2, 0.25) is 0 Å². The van der Waals surface area contributed by atoms with Gasteiger partial charge in [-0.25, -0.2) is 0 Å². The first-order valence-electron chi connectivity index (χ1n) is 4.13. The normalized spacial score (nSPS) is 18.1. The first-order chi connectivity index (χ1) is 5.12. The Balaban J connectivity index is 0.00000121. The minimum absolute atomic E-state index is 0. The molecule has 0 heterocycles. The lowest BCUT2D eigenvalue weighted by Gasteiger charge is -2.05. The van der Waals surface area contributed by atoms with Gasteiger partial charge in [-0.1, -0.05) is 6.42 Å². The Labute approximate surface area is 78.7 Å². The summed E-state index contributed by atoms with van der Waals surface area (Å²) >= 11 is 0. The van der Waals surface area contributed by atoms with Crippen molar-refractivity contribution in [1.29, 1.82) is 0 Å². The summed E-state index contributed by atoms with van der Waals surface area (Å²) in [6.07, 6.45) is 5.27. The van der Waals surface area contributed by atoms with Crippen LogP contribution in [0.5, 0.6) is 0 Å². The molecule has 1 rings (SSSR count). The Hall–Kier alpha value is -0.280. The zero-order valence-electron chi connectivity index (χ0n) is 7.08. The summed E-state index contributed by atoms with van der Waals surface area (Å²) in [7, 11) is 0. The minimum Gasteiger partial charge on any atom is -0.481 e. The van der Waals surface area contributed by atoms with Gasteiger partial charge in [-0.05, 0) is 25.7 Å². The molecule has 0 spiro atoms. The van der Waals surface area contributed by atoms with Crippen molar-refractivity contribution >= 4 is 18.4 Å². The second-order valence-electron chi connectivity index (χ2n) is 3.46. The van der Waals surface area contributed by atoms with Crippen LogP contribution in [0.1, 0.15) is 38.5 Å². The number of aliphatic carboxylic acids is 1. The predicted molar refractivity (Wildman–Crippen MR) is 49.5 cm³/mol. The highest BCUT2D eigenvalue weighted by Crippen LogP contribution is 2.36. The summed E-state index contributed by atoms with van der Waals surface area (Å²) < 4.78 is 0.